The lowest BCUT2D eigenvalue weighted by Crippen LogP contribution is -2.38. The van der Waals surface area contributed by atoms with Gasteiger partial charge in [-0.2, -0.15) is 0 Å². The van der Waals surface area contributed by atoms with E-state index in [4.69, 9.17) is 0 Å². The molecular weight excluding hydrogens is 322 g/mol. The molecule has 26 heavy (non-hydrogen) atoms. The molecule has 1 N–H and O–H groups in total. The van der Waals surface area contributed by atoms with E-state index >= 15 is 0 Å². The normalized spacial score (nSPS) is 19.7. The Bertz CT molecular complexity index is 767. The van der Waals surface area contributed by atoms with Crippen molar-refractivity contribution in [2.45, 2.75) is 64.0 Å². The fourth-order valence-corrected chi connectivity index (χ4v) is 4.76. The highest BCUT2D eigenvalue weighted by Gasteiger charge is 2.25. The largest absolute Gasteiger partial charge is 0.348 e. The van der Waals surface area contributed by atoms with Crippen LogP contribution < -0.4 is 5.32 Å². The van der Waals surface area contributed by atoms with E-state index in [2.05, 4.69) is 39.0 Å². The molecule has 0 spiro atoms. The highest BCUT2D eigenvalue weighted by atomic mass is 16.2. The molecule has 1 aliphatic heterocycles. The average Bonchev–Trinajstić information content (AvgIpc) is 2.96. The first kappa shape index (κ1) is 17.6. The number of nitrogens with one attached hydrogen (secondary N) is 1. The van der Waals surface area contributed by atoms with Crippen molar-refractivity contribution in [2.24, 2.45) is 7.05 Å². The zero-order chi connectivity index (χ0) is 17.9. The zero-order valence-electron chi connectivity index (χ0n) is 16.0. The Morgan fingerprint density at radius 2 is 1.73 bits per heavy atom. The molecule has 2 aliphatic rings. The van der Waals surface area contributed by atoms with Crippen LogP contribution in [-0.2, 0) is 13.6 Å². The number of fused-ring (bicyclic) bond motifs is 1. The van der Waals surface area contributed by atoms with Crippen molar-refractivity contribution in [1.29, 1.82) is 0 Å². The van der Waals surface area contributed by atoms with Crippen LogP contribution in [0.2, 0.25) is 0 Å². The molecule has 1 aromatic heterocycles. The standard InChI is InChI=1S/C22H31N3O/c1-24-20-13-7-6-12-18(20)19(16-25-14-8-3-9-15-25)21(24)22(26)23-17-10-4-2-5-11-17/h6-7,12-13,17H,2-5,8-11,14-16H2,1H3,(H,23,26). The fraction of sp³-hybridized carbons (Fsp3) is 0.591. The summed E-state index contributed by atoms with van der Waals surface area (Å²) in [5.74, 6) is 0.114. The van der Waals surface area contributed by atoms with Crippen LogP contribution in [0.1, 0.15) is 67.4 Å². The summed E-state index contributed by atoms with van der Waals surface area (Å²) in [7, 11) is 2.04. The van der Waals surface area contributed by atoms with Gasteiger partial charge in [0.25, 0.3) is 5.91 Å². The number of hydrogen-bond donors (Lipinski definition) is 1. The van der Waals surface area contributed by atoms with Gasteiger partial charge in [-0.25, -0.2) is 0 Å². The van der Waals surface area contributed by atoms with Crippen LogP contribution >= 0.6 is 0 Å². The summed E-state index contributed by atoms with van der Waals surface area (Å²) < 4.78 is 2.10. The van der Waals surface area contributed by atoms with E-state index in [0.29, 0.717) is 6.04 Å². The third-order valence-corrected chi connectivity index (χ3v) is 6.20. The summed E-state index contributed by atoms with van der Waals surface area (Å²) in [4.78, 5) is 15.7. The van der Waals surface area contributed by atoms with Crippen LogP contribution in [0.4, 0.5) is 0 Å². The molecule has 1 saturated heterocycles. The maximum absolute atomic E-state index is 13.2. The molecule has 2 aromatic rings. The molecule has 1 amide bonds. The van der Waals surface area contributed by atoms with Crippen LogP contribution in [0.25, 0.3) is 10.9 Å². The molecule has 1 aliphatic carbocycles. The van der Waals surface area contributed by atoms with Crippen LogP contribution in [-0.4, -0.2) is 34.5 Å². The molecule has 2 heterocycles. The Morgan fingerprint density at radius 3 is 2.50 bits per heavy atom. The molecule has 0 unspecified atom stereocenters. The summed E-state index contributed by atoms with van der Waals surface area (Å²) in [5, 5.41) is 4.57. The second kappa shape index (κ2) is 7.83. The molecule has 4 nitrogen and oxygen atoms in total. The van der Waals surface area contributed by atoms with Gasteiger partial charge >= 0.3 is 0 Å². The number of piperidine rings is 1. The van der Waals surface area contributed by atoms with E-state index in [0.717, 1.165) is 43.7 Å². The van der Waals surface area contributed by atoms with E-state index in [1.54, 1.807) is 0 Å². The lowest BCUT2D eigenvalue weighted by atomic mass is 9.95. The third-order valence-electron chi connectivity index (χ3n) is 6.20. The maximum Gasteiger partial charge on any atom is 0.268 e. The van der Waals surface area contributed by atoms with Gasteiger partial charge in [0.2, 0.25) is 0 Å². The van der Waals surface area contributed by atoms with E-state index in [1.807, 2.05) is 7.05 Å². The summed E-state index contributed by atoms with van der Waals surface area (Å²) in [6.45, 7) is 3.18. The molecule has 4 heteroatoms. The lowest BCUT2D eigenvalue weighted by molar-refractivity contribution is 0.0917. The van der Waals surface area contributed by atoms with Crippen LogP contribution in [0.15, 0.2) is 24.3 Å². The summed E-state index contributed by atoms with van der Waals surface area (Å²) in [6.07, 6.45) is 9.90. The lowest BCUT2D eigenvalue weighted by Gasteiger charge is -2.27. The summed E-state index contributed by atoms with van der Waals surface area (Å²) in [5.41, 5.74) is 3.23. The first-order valence-electron chi connectivity index (χ1n) is 10.3. The van der Waals surface area contributed by atoms with Crippen molar-refractivity contribution >= 4 is 16.8 Å². The molecular formula is C22H31N3O. The number of rotatable bonds is 4. The number of amides is 1. The van der Waals surface area contributed by atoms with Crippen molar-refractivity contribution in [3.8, 4) is 0 Å². The van der Waals surface area contributed by atoms with E-state index in [9.17, 15) is 4.79 Å². The molecule has 0 atom stereocenters. The minimum absolute atomic E-state index is 0.114. The highest BCUT2D eigenvalue weighted by Crippen LogP contribution is 2.28. The number of carbonyl (C=O) groups excluding carboxylic acids is 1. The van der Waals surface area contributed by atoms with Crippen molar-refractivity contribution in [2.75, 3.05) is 13.1 Å². The predicted molar refractivity (Wildman–Crippen MR) is 106 cm³/mol. The molecule has 0 radical (unpaired) electrons. The maximum atomic E-state index is 13.2. The van der Waals surface area contributed by atoms with Crippen molar-refractivity contribution in [3.63, 3.8) is 0 Å². The van der Waals surface area contributed by atoms with Gasteiger partial charge in [0.05, 0.1) is 0 Å². The third kappa shape index (κ3) is 3.52. The number of para-hydroxylation sites is 1. The van der Waals surface area contributed by atoms with Crippen LogP contribution in [0.3, 0.4) is 0 Å². The zero-order valence-corrected chi connectivity index (χ0v) is 16.0. The average molecular weight is 354 g/mol. The van der Waals surface area contributed by atoms with Gasteiger partial charge in [0.15, 0.2) is 0 Å². The van der Waals surface area contributed by atoms with Gasteiger partial charge in [0.1, 0.15) is 5.69 Å². The van der Waals surface area contributed by atoms with Crippen molar-refractivity contribution in [1.82, 2.24) is 14.8 Å². The Morgan fingerprint density at radius 1 is 1.04 bits per heavy atom. The number of benzene rings is 1. The quantitative estimate of drug-likeness (QED) is 0.893. The number of nitrogens with zero attached hydrogens (tertiary/aromatic N) is 2. The Hall–Kier alpha value is -1.81. The van der Waals surface area contributed by atoms with Gasteiger partial charge in [-0.3, -0.25) is 9.69 Å². The number of aromatic nitrogens is 1. The molecule has 0 bridgehead atoms. The van der Waals surface area contributed by atoms with Crippen LogP contribution in [0.5, 0.6) is 0 Å². The van der Waals surface area contributed by atoms with Gasteiger partial charge < -0.3 is 9.88 Å². The van der Waals surface area contributed by atoms with Crippen molar-refractivity contribution < 1.29 is 4.79 Å². The number of carbonyl (C=O) groups is 1. The second-order valence-electron chi connectivity index (χ2n) is 8.05. The van der Waals surface area contributed by atoms with E-state index in [1.165, 1.54) is 49.5 Å². The summed E-state index contributed by atoms with van der Waals surface area (Å²) in [6, 6.07) is 8.80. The molecule has 2 fully saturated rings. The Labute approximate surface area is 156 Å². The number of hydrogen-bond acceptors (Lipinski definition) is 2. The summed E-state index contributed by atoms with van der Waals surface area (Å²) >= 11 is 0. The molecule has 4 rings (SSSR count). The SMILES string of the molecule is Cn1c(C(=O)NC2CCCCC2)c(CN2CCCCC2)c2ccccc21. The van der Waals surface area contributed by atoms with Gasteiger partial charge in [0, 0.05) is 36.1 Å². The fourth-order valence-electron chi connectivity index (χ4n) is 4.76. The topological polar surface area (TPSA) is 37.3 Å². The van der Waals surface area contributed by atoms with Crippen LogP contribution in [0, 0.1) is 0 Å². The first-order chi connectivity index (χ1) is 12.7. The smallest absolute Gasteiger partial charge is 0.268 e. The molecule has 1 saturated carbocycles. The number of aryl methyl sites for hydroxylation is 1. The van der Waals surface area contributed by atoms with E-state index in [-0.39, 0.29) is 5.91 Å². The van der Waals surface area contributed by atoms with Gasteiger partial charge in [-0.15, -0.1) is 0 Å². The first-order valence-corrected chi connectivity index (χ1v) is 10.3. The molecule has 140 valence electrons. The van der Waals surface area contributed by atoms with Gasteiger partial charge in [-0.1, -0.05) is 43.9 Å². The number of likely N-dealkylation sites (tertiary alicyclic amines) is 1. The second-order valence-corrected chi connectivity index (χ2v) is 8.05. The van der Waals surface area contributed by atoms with Crippen molar-refractivity contribution in [3.05, 3.63) is 35.5 Å². The molecule has 1 aromatic carbocycles. The van der Waals surface area contributed by atoms with E-state index < -0.39 is 0 Å². The van der Waals surface area contributed by atoms with Gasteiger partial charge in [-0.05, 0) is 44.8 Å². The Kier molecular flexibility index (Phi) is 5.30. The minimum Gasteiger partial charge on any atom is -0.348 e. The minimum atomic E-state index is 0.114. The monoisotopic (exact) mass is 353 g/mol. The highest BCUT2D eigenvalue weighted by molar-refractivity contribution is 6.01. The predicted octanol–water partition coefficient (Wildman–Crippen LogP) is 4.23. The Balaban J connectivity index is 1.66.